The van der Waals surface area contributed by atoms with E-state index in [0.29, 0.717) is 23.4 Å². The maximum Gasteiger partial charge on any atom is 0.227 e. The molecule has 12 aromatic rings. The molecule has 0 aliphatic carbocycles. The number of benzene rings is 8. The molecule has 0 spiro atoms. The van der Waals surface area contributed by atoms with Crippen LogP contribution in [0.2, 0.25) is 0 Å². The van der Waals surface area contributed by atoms with Crippen LogP contribution >= 0.6 is 0 Å². The second kappa shape index (κ2) is 12.3. The molecule has 4 aromatic heterocycles. The van der Waals surface area contributed by atoms with E-state index in [9.17, 15) is 0 Å². The minimum Gasteiger partial charge on any atom is -0.456 e. The lowest BCUT2D eigenvalue weighted by molar-refractivity contribution is 0.621. The number of hydrogen-bond acceptors (Lipinski definition) is 6. The van der Waals surface area contributed by atoms with Crippen molar-refractivity contribution < 1.29 is 8.83 Å². The predicted octanol–water partition coefficient (Wildman–Crippen LogP) is 12.8. The summed E-state index contributed by atoms with van der Waals surface area (Å²) in [7, 11) is 0. The van der Waals surface area contributed by atoms with Crippen LogP contribution in [-0.4, -0.2) is 24.5 Å². The molecular formula is C50H29N5O2. The normalized spacial score (nSPS) is 11.9. The quantitative estimate of drug-likeness (QED) is 0.175. The van der Waals surface area contributed by atoms with Crippen LogP contribution in [-0.2, 0) is 0 Å². The minimum absolute atomic E-state index is 0.563. The molecule has 7 nitrogen and oxygen atoms in total. The maximum atomic E-state index is 6.70. The summed E-state index contributed by atoms with van der Waals surface area (Å²) in [6.45, 7) is 0. The van der Waals surface area contributed by atoms with Gasteiger partial charge in [0.25, 0.3) is 0 Å². The van der Waals surface area contributed by atoms with Gasteiger partial charge in [0.1, 0.15) is 16.7 Å². The Morgan fingerprint density at radius 3 is 1.96 bits per heavy atom. The molecule has 8 aromatic carbocycles. The molecule has 0 N–H and O–H groups in total. The number of fused-ring (bicyclic) bond motifs is 10. The molecule has 0 aliphatic heterocycles. The standard InChI is InChI=1S/C50H29N5O2/c1-3-14-31(15-4-1)47-52-48(54-49(53-47)38-22-12-24-42-44(38)36-21-9-10-23-41(36)56-42)33-18-11-19-34(29-33)55-40-28-25-30-13-7-8-20-35(30)43(40)37-26-27-39-46(45(37)55)57-50(51-39)32-16-5-2-6-17-32/h1-29H. The van der Waals surface area contributed by atoms with Crippen LogP contribution in [0, 0.1) is 0 Å². The highest BCUT2D eigenvalue weighted by atomic mass is 16.3. The van der Waals surface area contributed by atoms with Gasteiger partial charge in [-0.2, -0.15) is 0 Å². The van der Waals surface area contributed by atoms with Crippen molar-refractivity contribution in [3.63, 3.8) is 0 Å². The van der Waals surface area contributed by atoms with E-state index in [1.54, 1.807) is 0 Å². The number of aromatic nitrogens is 5. The number of furan rings is 1. The molecule has 12 rings (SSSR count). The number of hydrogen-bond donors (Lipinski definition) is 0. The smallest absolute Gasteiger partial charge is 0.227 e. The molecule has 0 amide bonds. The van der Waals surface area contributed by atoms with Crippen molar-refractivity contribution in [3.05, 3.63) is 176 Å². The van der Waals surface area contributed by atoms with Gasteiger partial charge in [0.15, 0.2) is 23.1 Å². The van der Waals surface area contributed by atoms with E-state index in [-0.39, 0.29) is 0 Å². The predicted molar refractivity (Wildman–Crippen MR) is 228 cm³/mol. The highest BCUT2D eigenvalue weighted by Gasteiger charge is 2.22. The molecule has 0 saturated heterocycles. The van der Waals surface area contributed by atoms with Crippen molar-refractivity contribution in [2.24, 2.45) is 0 Å². The van der Waals surface area contributed by atoms with Crippen molar-refractivity contribution in [2.75, 3.05) is 0 Å². The van der Waals surface area contributed by atoms with Gasteiger partial charge in [0.2, 0.25) is 5.89 Å². The third kappa shape index (κ3) is 4.92. The maximum absolute atomic E-state index is 6.70. The monoisotopic (exact) mass is 731 g/mol. The summed E-state index contributed by atoms with van der Waals surface area (Å²) in [6.07, 6.45) is 0. The molecule has 7 heteroatoms. The van der Waals surface area contributed by atoms with Crippen LogP contribution in [0.4, 0.5) is 0 Å². The van der Waals surface area contributed by atoms with Crippen molar-refractivity contribution in [2.45, 2.75) is 0 Å². The fourth-order valence-corrected chi connectivity index (χ4v) is 8.31. The zero-order valence-electron chi connectivity index (χ0n) is 30.3. The van der Waals surface area contributed by atoms with Crippen LogP contribution in [0.3, 0.4) is 0 Å². The average Bonchev–Trinajstić information content (AvgIpc) is 3.99. The van der Waals surface area contributed by atoms with Gasteiger partial charge in [-0.3, -0.25) is 0 Å². The van der Waals surface area contributed by atoms with E-state index < -0.39 is 0 Å². The molecule has 57 heavy (non-hydrogen) atoms. The first-order valence-corrected chi connectivity index (χ1v) is 18.9. The molecular weight excluding hydrogens is 703 g/mol. The summed E-state index contributed by atoms with van der Waals surface area (Å²) in [5.74, 6) is 2.31. The number of nitrogens with zero attached hydrogens (tertiary/aromatic N) is 5. The molecule has 0 atom stereocenters. The van der Waals surface area contributed by atoms with Gasteiger partial charge in [0.05, 0.1) is 11.0 Å². The lowest BCUT2D eigenvalue weighted by Crippen LogP contribution is -2.01. The number of rotatable bonds is 5. The Bertz CT molecular complexity index is 3530. The lowest BCUT2D eigenvalue weighted by Gasteiger charge is -2.12. The first-order chi connectivity index (χ1) is 28.2. The van der Waals surface area contributed by atoms with Crippen LogP contribution in [0.1, 0.15) is 0 Å². The van der Waals surface area contributed by atoms with Crippen molar-refractivity contribution in [3.8, 4) is 51.3 Å². The summed E-state index contributed by atoms with van der Waals surface area (Å²) in [6, 6.07) is 59.8. The van der Waals surface area contributed by atoms with E-state index in [2.05, 4.69) is 89.5 Å². The van der Waals surface area contributed by atoms with Gasteiger partial charge in [0, 0.05) is 49.5 Å². The zero-order valence-corrected chi connectivity index (χ0v) is 30.3. The van der Waals surface area contributed by atoms with Gasteiger partial charge in [-0.05, 0) is 65.4 Å². The van der Waals surface area contributed by atoms with Crippen LogP contribution < -0.4 is 0 Å². The van der Waals surface area contributed by atoms with Gasteiger partial charge < -0.3 is 13.4 Å². The SMILES string of the molecule is c1ccc(-c2nc(-c3cccc(-n4c5ccc6ccccc6c5c5ccc6nc(-c7ccccc7)oc6c54)c3)nc(-c3cccc4oc5ccccc5c34)n2)cc1. The second-order valence-corrected chi connectivity index (χ2v) is 14.2. The van der Waals surface area contributed by atoms with Crippen molar-refractivity contribution >= 4 is 65.6 Å². The fourth-order valence-electron chi connectivity index (χ4n) is 8.31. The van der Waals surface area contributed by atoms with Gasteiger partial charge >= 0.3 is 0 Å². The molecule has 4 heterocycles. The number of para-hydroxylation sites is 1. The lowest BCUT2D eigenvalue weighted by atomic mass is 10.0. The molecule has 266 valence electrons. The average molecular weight is 732 g/mol. The summed E-state index contributed by atoms with van der Waals surface area (Å²) >= 11 is 0. The van der Waals surface area contributed by atoms with Gasteiger partial charge in [-0.25, -0.2) is 19.9 Å². The second-order valence-electron chi connectivity index (χ2n) is 14.2. The Hall–Kier alpha value is -7.90. The Morgan fingerprint density at radius 2 is 1.11 bits per heavy atom. The van der Waals surface area contributed by atoms with E-state index in [0.717, 1.165) is 82.8 Å². The molecule has 0 fully saturated rings. The molecule has 0 saturated carbocycles. The Labute approximate surface area is 325 Å². The van der Waals surface area contributed by atoms with Crippen LogP contribution in [0.5, 0.6) is 0 Å². The van der Waals surface area contributed by atoms with Crippen LogP contribution in [0.15, 0.2) is 185 Å². The summed E-state index contributed by atoms with van der Waals surface area (Å²) in [5, 5.41) is 6.58. The Balaban J connectivity index is 1.11. The Kier molecular flexibility index (Phi) is 6.79. The van der Waals surface area contributed by atoms with E-state index in [4.69, 9.17) is 28.8 Å². The summed E-state index contributed by atoms with van der Waals surface area (Å²) in [5.41, 5.74) is 9.64. The molecule has 0 bridgehead atoms. The highest BCUT2D eigenvalue weighted by Crippen LogP contribution is 2.42. The third-order valence-electron chi connectivity index (χ3n) is 10.9. The van der Waals surface area contributed by atoms with Crippen molar-refractivity contribution in [1.82, 2.24) is 24.5 Å². The summed E-state index contributed by atoms with van der Waals surface area (Å²) in [4.78, 5) is 20.4. The van der Waals surface area contributed by atoms with Crippen LogP contribution in [0.25, 0.3) is 117 Å². The van der Waals surface area contributed by atoms with E-state index >= 15 is 0 Å². The highest BCUT2D eigenvalue weighted by molar-refractivity contribution is 6.25. The van der Waals surface area contributed by atoms with E-state index in [1.165, 1.54) is 10.8 Å². The number of oxazole rings is 1. The Morgan fingerprint density at radius 1 is 0.421 bits per heavy atom. The van der Waals surface area contributed by atoms with Gasteiger partial charge in [-0.1, -0.05) is 121 Å². The molecule has 0 aliphatic rings. The largest absolute Gasteiger partial charge is 0.456 e. The first-order valence-electron chi connectivity index (χ1n) is 18.9. The van der Waals surface area contributed by atoms with E-state index in [1.807, 2.05) is 91.0 Å². The zero-order chi connectivity index (χ0) is 37.5. The molecule has 0 unspecified atom stereocenters. The molecule has 0 radical (unpaired) electrons. The summed E-state index contributed by atoms with van der Waals surface area (Å²) < 4.78 is 15.3. The third-order valence-corrected chi connectivity index (χ3v) is 10.9. The fraction of sp³-hybridized carbons (Fsp3) is 0. The first kappa shape index (κ1) is 31.5. The van der Waals surface area contributed by atoms with Crippen molar-refractivity contribution in [1.29, 1.82) is 0 Å². The van der Waals surface area contributed by atoms with Gasteiger partial charge in [-0.15, -0.1) is 0 Å². The minimum atomic E-state index is 0.563. The topological polar surface area (TPSA) is 82.8 Å².